The maximum atomic E-state index is 5.88. The van der Waals surface area contributed by atoms with Gasteiger partial charge in [0.2, 0.25) is 5.89 Å². The van der Waals surface area contributed by atoms with Crippen LogP contribution in [-0.4, -0.2) is 34.9 Å². The molecule has 1 aromatic rings. The Morgan fingerprint density at radius 1 is 1.35 bits per heavy atom. The summed E-state index contributed by atoms with van der Waals surface area (Å²) in [5.74, 6) is 2.21. The standard InChI is InChI=1S/C15H25N3O2/c1-4-12(16-5-2)9(3)15-17-14(18-20-15)11-8-10-6-7-13(11)19-10/h9-13,16H,4-8H2,1-3H3. The zero-order valence-corrected chi connectivity index (χ0v) is 12.6. The molecule has 112 valence electrons. The average Bonchev–Trinajstić information content (AvgIpc) is 3.17. The number of fused-ring (bicyclic) bond motifs is 2. The van der Waals surface area contributed by atoms with E-state index in [4.69, 9.17) is 9.26 Å². The highest BCUT2D eigenvalue weighted by molar-refractivity contribution is 5.08. The molecule has 1 N–H and O–H groups in total. The zero-order valence-electron chi connectivity index (χ0n) is 12.6. The van der Waals surface area contributed by atoms with E-state index in [-0.39, 0.29) is 5.92 Å². The van der Waals surface area contributed by atoms with Crippen LogP contribution in [0, 0.1) is 0 Å². The van der Waals surface area contributed by atoms with Crippen LogP contribution >= 0.6 is 0 Å². The minimum absolute atomic E-state index is 0.251. The maximum absolute atomic E-state index is 5.88. The van der Waals surface area contributed by atoms with Crippen LogP contribution in [-0.2, 0) is 4.74 Å². The summed E-state index contributed by atoms with van der Waals surface area (Å²) in [6.07, 6.45) is 5.20. The number of hydrogen-bond donors (Lipinski definition) is 1. The van der Waals surface area contributed by atoms with Gasteiger partial charge in [0, 0.05) is 6.04 Å². The summed E-state index contributed by atoms with van der Waals surface area (Å²) in [5, 5.41) is 7.70. The molecule has 1 aromatic heterocycles. The van der Waals surface area contributed by atoms with Crippen LogP contribution in [0.4, 0.5) is 0 Å². The van der Waals surface area contributed by atoms with E-state index in [9.17, 15) is 0 Å². The smallest absolute Gasteiger partial charge is 0.231 e. The molecule has 5 nitrogen and oxygen atoms in total. The Morgan fingerprint density at radius 3 is 2.80 bits per heavy atom. The number of nitrogens with zero attached hydrogens (tertiary/aromatic N) is 2. The molecule has 0 radical (unpaired) electrons. The van der Waals surface area contributed by atoms with Gasteiger partial charge in [0.1, 0.15) is 0 Å². The molecular weight excluding hydrogens is 254 g/mol. The average molecular weight is 279 g/mol. The normalized spacial score (nSPS) is 31.6. The Bertz CT molecular complexity index is 448. The molecule has 0 aromatic carbocycles. The van der Waals surface area contributed by atoms with Gasteiger partial charge in [0.25, 0.3) is 0 Å². The molecule has 2 aliphatic rings. The van der Waals surface area contributed by atoms with Gasteiger partial charge >= 0.3 is 0 Å². The molecule has 20 heavy (non-hydrogen) atoms. The summed E-state index contributed by atoms with van der Waals surface area (Å²) < 4.78 is 11.4. The van der Waals surface area contributed by atoms with Gasteiger partial charge in [-0.2, -0.15) is 4.98 Å². The molecule has 5 atom stereocenters. The summed E-state index contributed by atoms with van der Waals surface area (Å²) in [6, 6.07) is 0.393. The Kier molecular flexibility index (Phi) is 4.08. The first-order valence-corrected chi connectivity index (χ1v) is 7.95. The lowest BCUT2D eigenvalue weighted by Crippen LogP contribution is -2.33. The molecule has 5 heteroatoms. The molecule has 2 aliphatic heterocycles. The highest BCUT2D eigenvalue weighted by Crippen LogP contribution is 2.43. The van der Waals surface area contributed by atoms with Crippen molar-refractivity contribution in [1.29, 1.82) is 0 Å². The van der Waals surface area contributed by atoms with Crippen LogP contribution in [0.15, 0.2) is 4.52 Å². The second kappa shape index (κ2) is 5.82. The van der Waals surface area contributed by atoms with Gasteiger partial charge < -0.3 is 14.6 Å². The Morgan fingerprint density at radius 2 is 2.20 bits per heavy atom. The molecule has 0 spiro atoms. The second-order valence-electron chi connectivity index (χ2n) is 6.07. The van der Waals surface area contributed by atoms with Crippen molar-refractivity contribution >= 4 is 0 Å². The highest BCUT2D eigenvalue weighted by Gasteiger charge is 2.43. The number of aromatic nitrogens is 2. The number of nitrogens with one attached hydrogen (secondary N) is 1. The second-order valence-corrected chi connectivity index (χ2v) is 6.07. The van der Waals surface area contributed by atoms with E-state index >= 15 is 0 Å². The van der Waals surface area contributed by atoms with Gasteiger partial charge in [-0.15, -0.1) is 0 Å². The van der Waals surface area contributed by atoms with Gasteiger partial charge in [-0.25, -0.2) is 0 Å². The fraction of sp³-hybridized carbons (Fsp3) is 0.867. The van der Waals surface area contributed by atoms with Crippen molar-refractivity contribution in [3.63, 3.8) is 0 Å². The van der Waals surface area contributed by atoms with Crippen LogP contribution in [0.3, 0.4) is 0 Å². The zero-order chi connectivity index (χ0) is 14.1. The monoisotopic (exact) mass is 279 g/mol. The van der Waals surface area contributed by atoms with E-state index in [1.54, 1.807) is 0 Å². The van der Waals surface area contributed by atoms with Crippen LogP contribution < -0.4 is 5.32 Å². The van der Waals surface area contributed by atoms with Crippen molar-refractivity contribution in [3.05, 3.63) is 11.7 Å². The van der Waals surface area contributed by atoms with Gasteiger partial charge in [0.05, 0.1) is 24.0 Å². The van der Waals surface area contributed by atoms with Crippen molar-refractivity contribution in [2.75, 3.05) is 6.54 Å². The third-order valence-electron chi connectivity index (χ3n) is 4.79. The van der Waals surface area contributed by atoms with Crippen molar-refractivity contribution in [3.8, 4) is 0 Å². The predicted molar refractivity (Wildman–Crippen MR) is 75.7 cm³/mol. The van der Waals surface area contributed by atoms with Gasteiger partial charge in [0.15, 0.2) is 5.82 Å². The summed E-state index contributed by atoms with van der Waals surface area (Å²) in [4.78, 5) is 4.66. The van der Waals surface area contributed by atoms with Gasteiger partial charge in [-0.1, -0.05) is 25.9 Å². The first-order valence-electron chi connectivity index (χ1n) is 7.95. The molecule has 0 saturated carbocycles. The highest BCUT2D eigenvalue weighted by atomic mass is 16.5. The van der Waals surface area contributed by atoms with E-state index in [1.807, 2.05) is 0 Å². The van der Waals surface area contributed by atoms with Crippen molar-refractivity contribution in [2.24, 2.45) is 0 Å². The Balaban J connectivity index is 1.70. The van der Waals surface area contributed by atoms with E-state index in [0.29, 0.717) is 24.2 Å². The van der Waals surface area contributed by atoms with Gasteiger partial charge in [-0.3, -0.25) is 0 Å². The molecule has 0 amide bonds. The molecule has 2 fully saturated rings. The van der Waals surface area contributed by atoms with Crippen LogP contribution in [0.1, 0.15) is 70.0 Å². The number of ether oxygens (including phenoxy) is 1. The first kappa shape index (κ1) is 14.0. The van der Waals surface area contributed by atoms with E-state index < -0.39 is 0 Å². The summed E-state index contributed by atoms with van der Waals surface area (Å²) in [6.45, 7) is 7.43. The van der Waals surface area contributed by atoms with E-state index in [0.717, 1.165) is 37.5 Å². The topological polar surface area (TPSA) is 60.2 Å². The third-order valence-corrected chi connectivity index (χ3v) is 4.79. The SMILES string of the molecule is CCNC(CC)C(C)c1nc(C2CC3CCC2O3)no1. The fourth-order valence-electron chi connectivity index (χ4n) is 3.60. The van der Waals surface area contributed by atoms with Crippen LogP contribution in [0.2, 0.25) is 0 Å². The Labute approximate surface area is 120 Å². The summed E-state index contributed by atoms with van der Waals surface area (Å²) in [7, 11) is 0. The number of likely N-dealkylation sites (N-methyl/N-ethyl adjacent to an activating group) is 1. The minimum Gasteiger partial charge on any atom is -0.374 e. The quantitative estimate of drug-likeness (QED) is 0.867. The minimum atomic E-state index is 0.251. The predicted octanol–water partition coefficient (Wildman–Crippen LogP) is 2.60. The fourth-order valence-corrected chi connectivity index (χ4v) is 3.60. The van der Waals surface area contributed by atoms with Crippen LogP contribution in [0.25, 0.3) is 0 Å². The Hall–Kier alpha value is -0.940. The van der Waals surface area contributed by atoms with Crippen LogP contribution in [0.5, 0.6) is 0 Å². The molecule has 2 bridgehead atoms. The lowest BCUT2D eigenvalue weighted by Gasteiger charge is -2.20. The first-order chi connectivity index (χ1) is 9.72. The molecular formula is C15H25N3O2. The third kappa shape index (κ3) is 2.49. The molecule has 0 aliphatic carbocycles. The van der Waals surface area contributed by atoms with E-state index in [2.05, 4.69) is 36.2 Å². The summed E-state index contributed by atoms with van der Waals surface area (Å²) >= 11 is 0. The molecule has 5 unspecified atom stereocenters. The lowest BCUT2D eigenvalue weighted by atomic mass is 9.89. The van der Waals surface area contributed by atoms with Crippen molar-refractivity contribution in [2.45, 2.75) is 76.5 Å². The van der Waals surface area contributed by atoms with E-state index in [1.165, 1.54) is 6.42 Å². The molecule has 2 saturated heterocycles. The van der Waals surface area contributed by atoms with Gasteiger partial charge in [-0.05, 0) is 32.2 Å². The van der Waals surface area contributed by atoms with Crippen molar-refractivity contribution in [1.82, 2.24) is 15.5 Å². The summed E-state index contributed by atoms with van der Waals surface area (Å²) in [5.41, 5.74) is 0. The lowest BCUT2D eigenvalue weighted by molar-refractivity contribution is 0.0996. The molecule has 3 heterocycles. The largest absolute Gasteiger partial charge is 0.374 e. The number of rotatable bonds is 6. The van der Waals surface area contributed by atoms with Crippen molar-refractivity contribution < 1.29 is 9.26 Å². The maximum Gasteiger partial charge on any atom is 0.231 e. The number of hydrogen-bond acceptors (Lipinski definition) is 5. The molecule has 3 rings (SSSR count).